The average molecular weight is 334 g/mol. The molecule has 7 nitrogen and oxygen atoms in total. The Kier molecular flexibility index (Phi) is 5.01. The molecule has 0 bridgehead atoms. The van der Waals surface area contributed by atoms with Gasteiger partial charge in [-0.15, -0.1) is 0 Å². The number of nitrogens with zero attached hydrogens (tertiary/aromatic N) is 1. The lowest BCUT2D eigenvalue weighted by molar-refractivity contribution is -0.160. The number of rotatable bonds is 4. The smallest absolute Gasteiger partial charge is 0.255 e. The Bertz CT molecular complexity index is 607. The molecule has 2 aliphatic rings. The van der Waals surface area contributed by atoms with Crippen LogP contribution in [0.15, 0.2) is 24.3 Å². The van der Waals surface area contributed by atoms with Crippen LogP contribution in [0.4, 0.5) is 0 Å². The number of amides is 2. The van der Waals surface area contributed by atoms with Crippen LogP contribution in [0.2, 0.25) is 0 Å². The van der Waals surface area contributed by atoms with Gasteiger partial charge in [0.05, 0.1) is 19.8 Å². The van der Waals surface area contributed by atoms with Crippen molar-refractivity contribution in [2.24, 2.45) is 5.73 Å². The topological polar surface area (TPSA) is 91.1 Å². The Labute approximate surface area is 140 Å². The second-order valence-corrected chi connectivity index (χ2v) is 6.20. The zero-order valence-electron chi connectivity index (χ0n) is 13.5. The first-order valence-corrected chi connectivity index (χ1v) is 8.10. The van der Waals surface area contributed by atoms with Crippen LogP contribution in [0.25, 0.3) is 0 Å². The Morgan fingerprint density at radius 1 is 1.33 bits per heavy atom. The number of benzene rings is 1. The van der Waals surface area contributed by atoms with E-state index in [4.69, 9.17) is 19.9 Å². The molecule has 1 unspecified atom stereocenters. The fourth-order valence-corrected chi connectivity index (χ4v) is 3.14. The van der Waals surface area contributed by atoms with Gasteiger partial charge in [-0.2, -0.15) is 0 Å². The first-order valence-electron chi connectivity index (χ1n) is 8.10. The van der Waals surface area contributed by atoms with Crippen molar-refractivity contribution in [3.05, 3.63) is 29.8 Å². The molecule has 0 aliphatic carbocycles. The summed E-state index contributed by atoms with van der Waals surface area (Å²) in [5.41, 5.74) is 5.21. The Hall–Kier alpha value is -2.12. The zero-order valence-corrected chi connectivity index (χ0v) is 13.5. The third-order valence-electron chi connectivity index (χ3n) is 4.28. The van der Waals surface area contributed by atoms with E-state index in [1.807, 2.05) is 0 Å². The second kappa shape index (κ2) is 7.19. The average Bonchev–Trinajstić information content (AvgIpc) is 2.60. The highest BCUT2D eigenvalue weighted by Crippen LogP contribution is 2.28. The van der Waals surface area contributed by atoms with E-state index >= 15 is 0 Å². The summed E-state index contributed by atoms with van der Waals surface area (Å²) in [6.07, 6.45) is 1.84. The highest BCUT2D eigenvalue weighted by Gasteiger charge is 2.40. The molecular weight excluding hydrogens is 312 g/mol. The van der Waals surface area contributed by atoms with E-state index in [1.54, 1.807) is 29.2 Å². The summed E-state index contributed by atoms with van der Waals surface area (Å²) in [5, 5.41) is 0. The van der Waals surface area contributed by atoms with Crippen molar-refractivity contribution in [2.45, 2.75) is 18.4 Å². The fourth-order valence-electron chi connectivity index (χ4n) is 3.14. The van der Waals surface area contributed by atoms with Crippen LogP contribution in [0.5, 0.6) is 5.75 Å². The SMILES string of the molecule is NC(=O)COc1cccc(C(=O)N2CCOC3(CCCOC3)C2)c1. The maximum atomic E-state index is 12.8. The van der Waals surface area contributed by atoms with Crippen LogP contribution in [-0.2, 0) is 14.3 Å². The standard InChI is InChI=1S/C17H22N2O5/c18-15(20)10-23-14-4-1-3-13(9-14)16(21)19-6-8-24-17(11-19)5-2-7-22-12-17/h1,3-4,9H,2,5-8,10-12H2,(H2,18,20). The van der Waals surface area contributed by atoms with E-state index in [2.05, 4.69) is 0 Å². The van der Waals surface area contributed by atoms with Gasteiger partial charge in [0.25, 0.3) is 11.8 Å². The van der Waals surface area contributed by atoms with E-state index in [9.17, 15) is 9.59 Å². The quantitative estimate of drug-likeness (QED) is 0.869. The lowest BCUT2D eigenvalue weighted by atomic mass is 9.94. The van der Waals surface area contributed by atoms with Crippen LogP contribution in [0, 0.1) is 0 Å². The van der Waals surface area contributed by atoms with Crippen molar-refractivity contribution in [1.82, 2.24) is 4.90 Å². The summed E-state index contributed by atoms with van der Waals surface area (Å²) in [4.78, 5) is 25.4. The van der Waals surface area contributed by atoms with Gasteiger partial charge in [0, 0.05) is 18.7 Å². The van der Waals surface area contributed by atoms with Gasteiger partial charge in [-0.1, -0.05) is 6.07 Å². The molecule has 1 spiro atoms. The minimum atomic E-state index is -0.556. The fraction of sp³-hybridized carbons (Fsp3) is 0.529. The summed E-state index contributed by atoms with van der Waals surface area (Å²) >= 11 is 0. The van der Waals surface area contributed by atoms with Crippen molar-refractivity contribution >= 4 is 11.8 Å². The van der Waals surface area contributed by atoms with Gasteiger partial charge in [0.15, 0.2) is 6.61 Å². The highest BCUT2D eigenvalue weighted by molar-refractivity contribution is 5.94. The number of primary amides is 1. The predicted molar refractivity (Wildman–Crippen MR) is 85.8 cm³/mol. The minimum absolute atomic E-state index is 0.0761. The molecule has 2 heterocycles. The Morgan fingerprint density at radius 3 is 2.96 bits per heavy atom. The Morgan fingerprint density at radius 2 is 2.21 bits per heavy atom. The molecule has 0 radical (unpaired) electrons. The molecule has 2 saturated heterocycles. The predicted octanol–water partition coefficient (Wildman–Crippen LogP) is 0.572. The molecule has 130 valence electrons. The lowest BCUT2D eigenvalue weighted by Crippen LogP contribution is -2.57. The minimum Gasteiger partial charge on any atom is -0.484 e. The maximum Gasteiger partial charge on any atom is 0.255 e. The van der Waals surface area contributed by atoms with Crippen LogP contribution >= 0.6 is 0 Å². The van der Waals surface area contributed by atoms with E-state index in [0.29, 0.717) is 37.6 Å². The van der Waals surface area contributed by atoms with Crippen molar-refractivity contribution in [1.29, 1.82) is 0 Å². The van der Waals surface area contributed by atoms with Crippen LogP contribution in [-0.4, -0.2) is 61.8 Å². The molecule has 2 amide bonds. The molecule has 2 N–H and O–H groups in total. The van der Waals surface area contributed by atoms with Crippen LogP contribution in [0.3, 0.4) is 0 Å². The monoisotopic (exact) mass is 334 g/mol. The summed E-state index contributed by atoms with van der Waals surface area (Å²) in [6, 6.07) is 6.78. The number of hydrogen-bond acceptors (Lipinski definition) is 5. The number of hydrogen-bond donors (Lipinski definition) is 1. The van der Waals surface area contributed by atoms with Gasteiger partial charge >= 0.3 is 0 Å². The number of carbonyl (C=O) groups is 2. The highest BCUT2D eigenvalue weighted by atomic mass is 16.5. The third kappa shape index (κ3) is 3.85. The molecule has 3 rings (SSSR count). The summed E-state index contributed by atoms with van der Waals surface area (Å²) in [7, 11) is 0. The van der Waals surface area contributed by atoms with Crippen LogP contribution in [0.1, 0.15) is 23.2 Å². The first kappa shape index (κ1) is 16.7. The molecule has 2 aliphatic heterocycles. The van der Waals surface area contributed by atoms with Gasteiger partial charge in [0.1, 0.15) is 11.4 Å². The number of carbonyl (C=O) groups excluding carboxylic acids is 2. The van der Waals surface area contributed by atoms with Gasteiger partial charge < -0.3 is 24.8 Å². The summed E-state index contributed by atoms with van der Waals surface area (Å²) < 4.78 is 16.7. The van der Waals surface area contributed by atoms with Crippen molar-refractivity contribution < 1.29 is 23.8 Å². The third-order valence-corrected chi connectivity index (χ3v) is 4.28. The van der Waals surface area contributed by atoms with E-state index in [1.165, 1.54) is 0 Å². The number of morpholine rings is 1. The lowest BCUT2D eigenvalue weighted by Gasteiger charge is -2.44. The molecule has 7 heteroatoms. The molecule has 2 fully saturated rings. The maximum absolute atomic E-state index is 12.8. The first-order chi connectivity index (χ1) is 11.6. The van der Waals surface area contributed by atoms with Gasteiger partial charge in [-0.05, 0) is 31.0 Å². The second-order valence-electron chi connectivity index (χ2n) is 6.20. The zero-order chi connectivity index (χ0) is 17.0. The normalized spacial score (nSPS) is 23.9. The van der Waals surface area contributed by atoms with Crippen LogP contribution < -0.4 is 10.5 Å². The molecule has 0 aromatic heterocycles. The van der Waals surface area contributed by atoms with Crippen molar-refractivity contribution in [3.63, 3.8) is 0 Å². The van der Waals surface area contributed by atoms with Crippen molar-refractivity contribution in [3.8, 4) is 5.75 Å². The van der Waals surface area contributed by atoms with E-state index in [0.717, 1.165) is 19.4 Å². The van der Waals surface area contributed by atoms with Gasteiger partial charge in [0.2, 0.25) is 0 Å². The molecular formula is C17H22N2O5. The van der Waals surface area contributed by atoms with E-state index in [-0.39, 0.29) is 18.1 Å². The molecule has 24 heavy (non-hydrogen) atoms. The molecule has 1 aromatic rings. The summed E-state index contributed by atoms with van der Waals surface area (Å²) in [6.45, 7) is 2.64. The van der Waals surface area contributed by atoms with E-state index < -0.39 is 5.91 Å². The molecule has 0 saturated carbocycles. The number of ether oxygens (including phenoxy) is 3. The molecule has 1 atom stereocenters. The largest absolute Gasteiger partial charge is 0.484 e. The summed E-state index contributed by atoms with van der Waals surface area (Å²) in [5.74, 6) is -0.185. The van der Waals surface area contributed by atoms with Gasteiger partial charge in [-0.25, -0.2) is 0 Å². The number of nitrogens with two attached hydrogens (primary N) is 1. The molecule has 1 aromatic carbocycles. The van der Waals surface area contributed by atoms with Gasteiger partial charge in [-0.3, -0.25) is 9.59 Å². The Balaban J connectivity index is 1.69. The van der Waals surface area contributed by atoms with Crippen molar-refractivity contribution in [2.75, 3.05) is 39.5 Å².